The van der Waals surface area contributed by atoms with Gasteiger partial charge in [-0.3, -0.25) is 0 Å². The van der Waals surface area contributed by atoms with Crippen molar-refractivity contribution in [3.8, 4) is 11.3 Å². The van der Waals surface area contributed by atoms with E-state index in [-0.39, 0.29) is 0 Å². The molecule has 0 saturated heterocycles. The zero-order chi connectivity index (χ0) is 11.0. The van der Waals surface area contributed by atoms with E-state index in [1.807, 2.05) is 0 Å². The molecule has 16 heavy (non-hydrogen) atoms. The van der Waals surface area contributed by atoms with Gasteiger partial charge < -0.3 is 10.3 Å². The number of aryl methyl sites for hydroxylation is 1. The number of benzene rings is 1. The number of hydrogen-bond donors (Lipinski definition) is 1. The lowest BCUT2D eigenvalue weighted by Crippen LogP contribution is -2.03. The zero-order valence-corrected chi connectivity index (χ0v) is 9.07. The lowest BCUT2D eigenvalue weighted by Gasteiger charge is -2.17. The minimum Gasteiger partial charge on any atom is -0.381 e. The van der Waals surface area contributed by atoms with Gasteiger partial charge in [-0.1, -0.05) is 23.4 Å². The van der Waals surface area contributed by atoms with Crippen molar-refractivity contribution in [1.82, 2.24) is 5.16 Å². The van der Waals surface area contributed by atoms with E-state index in [9.17, 15) is 0 Å². The fourth-order valence-electron chi connectivity index (χ4n) is 2.43. The predicted molar refractivity (Wildman–Crippen MR) is 63.0 cm³/mol. The fraction of sp³-hybridized carbons (Fsp3) is 0.308. The number of nitrogen functional groups attached to an aromatic ring is 1. The Morgan fingerprint density at radius 2 is 2.06 bits per heavy atom. The van der Waals surface area contributed by atoms with E-state index < -0.39 is 0 Å². The number of fused-ring (bicyclic) bond motifs is 1. The van der Waals surface area contributed by atoms with Crippen LogP contribution in [0.3, 0.4) is 0 Å². The first-order valence-corrected chi connectivity index (χ1v) is 5.68. The van der Waals surface area contributed by atoms with E-state index >= 15 is 0 Å². The molecule has 1 aliphatic carbocycles. The monoisotopic (exact) mass is 214 g/mol. The van der Waals surface area contributed by atoms with Crippen molar-refractivity contribution in [3.63, 3.8) is 0 Å². The number of hydrogen-bond acceptors (Lipinski definition) is 3. The topological polar surface area (TPSA) is 52.0 Å². The summed E-state index contributed by atoms with van der Waals surface area (Å²) in [5.41, 5.74) is 9.59. The Hall–Kier alpha value is -1.77. The molecule has 2 N–H and O–H groups in total. The van der Waals surface area contributed by atoms with Crippen LogP contribution in [-0.2, 0) is 12.8 Å². The predicted octanol–water partition coefficient (Wildman–Crippen LogP) is 2.80. The lowest BCUT2D eigenvalue weighted by molar-refractivity contribution is 0.435. The van der Waals surface area contributed by atoms with Crippen molar-refractivity contribution in [2.45, 2.75) is 25.7 Å². The molecular weight excluding hydrogens is 200 g/mol. The fourth-order valence-corrected chi connectivity index (χ4v) is 2.43. The summed E-state index contributed by atoms with van der Waals surface area (Å²) in [6.07, 6.45) is 4.85. The van der Waals surface area contributed by atoms with Crippen LogP contribution < -0.4 is 5.73 Å². The average Bonchev–Trinajstić information content (AvgIpc) is 2.75. The quantitative estimate of drug-likeness (QED) is 0.794. The molecule has 3 rings (SSSR count). The van der Waals surface area contributed by atoms with Gasteiger partial charge in [0.15, 0.2) is 11.6 Å². The van der Waals surface area contributed by atoms with Crippen LogP contribution in [0.2, 0.25) is 0 Å². The summed E-state index contributed by atoms with van der Waals surface area (Å²) in [6, 6.07) is 8.17. The first-order chi connectivity index (χ1) is 7.84. The Balaban J connectivity index is 2.13. The summed E-state index contributed by atoms with van der Waals surface area (Å²) in [4.78, 5) is 0. The highest BCUT2D eigenvalue weighted by Gasteiger charge is 2.16. The maximum Gasteiger partial charge on any atom is 0.169 e. The third-order valence-electron chi connectivity index (χ3n) is 3.19. The number of rotatable bonds is 1. The van der Waals surface area contributed by atoms with Crippen LogP contribution in [0.25, 0.3) is 11.3 Å². The van der Waals surface area contributed by atoms with Crippen LogP contribution in [0, 0.1) is 0 Å². The van der Waals surface area contributed by atoms with Crippen molar-refractivity contribution in [3.05, 3.63) is 35.4 Å². The Labute approximate surface area is 94.2 Å². The third-order valence-corrected chi connectivity index (χ3v) is 3.19. The summed E-state index contributed by atoms with van der Waals surface area (Å²) in [7, 11) is 0. The first kappa shape index (κ1) is 9.46. The van der Waals surface area contributed by atoms with Crippen LogP contribution in [-0.4, -0.2) is 5.16 Å². The van der Waals surface area contributed by atoms with E-state index in [4.69, 9.17) is 10.3 Å². The summed E-state index contributed by atoms with van der Waals surface area (Å²) in [6.45, 7) is 0. The minimum atomic E-state index is 0.448. The molecule has 0 unspecified atom stereocenters. The van der Waals surface area contributed by atoms with Crippen molar-refractivity contribution >= 4 is 5.82 Å². The number of nitrogens with zero attached hydrogens (tertiary/aromatic N) is 1. The van der Waals surface area contributed by atoms with Gasteiger partial charge >= 0.3 is 0 Å². The molecule has 0 fully saturated rings. The molecule has 0 atom stereocenters. The molecule has 0 radical (unpaired) electrons. The summed E-state index contributed by atoms with van der Waals surface area (Å²) in [5, 5.41) is 3.74. The Morgan fingerprint density at radius 1 is 1.19 bits per heavy atom. The van der Waals surface area contributed by atoms with Gasteiger partial charge in [0.25, 0.3) is 0 Å². The normalized spacial score (nSPS) is 14.8. The second kappa shape index (κ2) is 3.67. The Kier molecular flexibility index (Phi) is 2.17. The van der Waals surface area contributed by atoms with Gasteiger partial charge in [0.1, 0.15) is 0 Å². The van der Waals surface area contributed by atoms with Gasteiger partial charge in [0, 0.05) is 11.6 Å². The van der Waals surface area contributed by atoms with Crippen LogP contribution in [0.15, 0.2) is 28.8 Å². The van der Waals surface area contributed by atoms with E-state index in [2.05, 4.69) is 23.4 Å². The molecule has 1 aliphatic rings. The molecule has 1 aromatic heterocycles. The molecule has 1 aromatic carbocycles. The first-order valence-electron chi connectivity index (χ1n) is 5.68. The summed E-state index contributed by atoms with van der Waals surface area (Å²) < 4.78 is 5.24. The number of aromatic nitrogens is 1. The molecule has 0 bridgehead atoms. The van der Waals surface area contributed by atoms with Gasteiger partial charge in [-0.2, -0.15) is 0 Å². The SMILES string of the molecule is Nc1cc(-c2cccc3c2CCCC3)on1. The minimum absolute atomic E-state index is 0.448. The molecule has 2 aromatic rings. The van der Waals surface area contributed by atoms with Crippen molar-refractivity contribution in [2.75, 3.05) is 5.73 Å². The maximum absolute atomic E-state index is 5.59. The highest BCUT2D eigenvalue weighted by atomic mass is 16.5. The van der Waals surface area contributed by atoms with Crippen molar-refractivity contribution < 1.29 is 4.52 Å². The van der Waals surface area contributed by atoms with Crippen LogP contribution in [0.5, 0.6) is 0 Å². The standard InChI is InChI=1S/C13H14N2O/c14-13-8-12(16-15-13)11-7-3-5-9-4-1-2-6-10(9)11/h3,5,7-8H,1-2,4,6H2,(H2,14,15). The Bertz CT molecular complexity index is 516. The van der Waals surface area contributed by atoms with Crippen LogP contribution in [0.4, 0.5) is 5.82 Å². The molecule has 3 heteroatoms. The highest BCUT2D eigenvalue weighted by Crippen LogP contribution is 2.32. The zero-order valence-electron chi connectivity index (χ0n) is 9.07. The summed E-state index contributed by atoms with van der Waals surface area (Å²) in [5.74, 6) is 1.24. The lowest BCUT2D eigenvalue weighted by atomic mass is 9.87. The molecule has 0 saturated carbocycles. The van der Waals surface area contributed by atoms with E-state index in [1.165, 1.54) is 30.4 Å². The Morgan fingerprint density at radius 3 is 2.88 bits per heavy atom. The molecule has 0 amide bonds. The molecule has 0 spiro atoms. The van der Waals surface area contributed by atoms with Gasteiger partial charge in [-0.15, -0.1) is 0 Å². The van der Waals surface area contributed by atoms with Crippen molar-refractivity contribution in [2.24, 2.45) is 0 Å². The van der Waals surface area contributed by atoms with Gasteiger partial charge in [0.2, 0.25) is 0 Å². The highest BCUT2D eigenvalue weighted by molar-refractivity contribution is 5.66. The van der Waals surface area contributed by atoms with Gasteiger partial charge in [-0.05, 0) is 36.8 Å². The van der Waals surface area contributed by atoms with Gasteiger partial charge in [0.05, 0.1) is 0 Å². The average molecular weight is 214 g/mol. The van der Waals surface area contributed by atoms with E-state index in [1.54, 1.807) is 6.07 Å². The molecule has 1 heterocycles. The number of anilines is 1. The molecule has 3 nitrogen and oxygen atoms in total. The second-order valence-corrected chi connectivity index (χ2v) is 4.27. The molecule has 82 valence electrons. The van der Waals surface area contributed by atoms with Crippen LogP contribution >= 0.6 is 0 Å². The second-order valence-electron chi connectivity index (χ2n) is 4.27. The third kappa shape index (κ3) is 1.48. The van der Waals surface area contributed by atoms with Crippen LogP contribution in [0.1, 0.15) is 24.0 Å². The molecule has 0 aliphatic heterocycles. The van der Waals surface area contributed by atoms with Crippen molar-refractivity contribution in [1.29, 1.82) is 0 Å². The van der Waals surface area contributed by atoms with Gasteiger partial charge in [-0.25, -0.2) is 0 Å². The largest absolute Gasteiger partial charge is 0.381 e. The smallest absolute Gasteiger partial charge is 0.169 e. The van der Waals surface area contributed by atoms with E-state index in [0.717, 1.165) is 17.7 Å². The number of nitrogens with two attached hydrogens (primary N) is 1. The summed E-state index contributed by atoms with van der Waals surface area (Å²) >= 11 is 0. The molecular formula is C13H14N2O. The van der Waals surface area contributed by atoms with E-state index in [0.29, 0.717) is 5.82 Å². The maximum atomic E-state index is 5.59.